The molecule has 3 heterocycles. The second-order valence-electron chi connectivity index (χ2n) is 7.49. The third kappa shape index (κ3) is 4.83. The van der Waals surface area contributed by atoms with Crippen LogP contribution < -0.4 is 10.2 Å². The van der Waals surface area contributed by atoms with Gasteiger partial charge in [0.2, 0.25) is 5.95 Å². The van der Waals surface area contributed by atoms with E-state index >= 15 is 0 Å². The smallest absolute Gasteiger partial charge is 0.270 e. The number of piperazine rings is 1. The van der Waals surface area contributed by atoms with Gasteiger partial charge in [0, 0.05) is 62.6 Å². The lowest BCUT2D eigenvalue weighted by atomic mass is 10.1. The molecule has 156 valence electrons. The second kappa shape index (κ2) is 9.32. The highest BCUT2D eigenvalue weighted by Gasteiger charge is 2.19. The highest BCUT2D eigenvalue weighted by Crippen LogP contribution is 2.27. The van der Waals surface area contributed by atoms with Crippen molar-refractivity contribution in [2.24, 2.45) is 0 Å². The zero-order valence-electron chi connectivity index (χ0n) is 17.3. The number of thiazole rings is 1. The van der Waals surface area contributed by atoms with Crippen molar-refractivity contribution in [2.45, 2.75) is 13.8 Å². The molecule has 2 aromatic heterocycles. The fraction of sp³-hybridized carbons (Fsp3) is 0.364. The number of nitrogens with one attached hydrogen (secondary N) is 1. The number of anilines is 1. The van der Waals surface area contributed by atoms with E-state index in [1.807, 2.05) is 11.4 Å². The van der Waals surface area contributed by atoms with Crippen LogP contribution in [0, 0.1) is 13.8 Å². The van der Waals surface area contributed by atoms with Crippen molar-refractivity contribution in [3.63, 3.8) is 0 Å². The summed E-state index contributed by atoms with van der Waals surface area (Å²) in [6.45, 7) is 9.23. The maximum atomic E-state index is 12.5. The maximum absolute atomic E-state index is 12.5. The molecule has 7 nitrogen and oxygen atoms in total. The van der Waals surface area contributed by atoms with E-state index in [2.05, 4.69) is 62.1 Å². The average Bonchev–Trinajstić information content (AvgIpc) is 3.25. The minimum Gasteiger partial charge on any atom is -0.349 e. The number of aromatic nitrogens is 3. The molecule has 0 saturated carbocycles. The molecule has 1 aliphatic rings. The molecule has 1 aromatic carbocycles. The molecule has 1 saturated heterocycles. The van der Waals surface area contributed by atoms with Gasteiger partial charge in [0.1, 0.15) is 10.7 Å². The van der Waals surface area contributed by atoms with Gasteiger partial charge in [0.05, 0.1) is 0 Å². The Morgan fingerprint density at radius 3 is 2.63 bits per heavy atom. The first-order chi connectivity index (χ1) is 14.6. The summed E-state index contributed by atoms with van der Waals surface area (Å²) in [6.07, 6.45) is 3.54. The molecule has 0 radical (unpaired) electrons. The van der Waals surface area contributed by atoms with Gasteiger partial charge in [0.15, 0.2) is 0 Å². The van der Waals surface area contributed by atoms with E-state index in [0.717, 1.165) is 49.2 Å². The highest BCUT2D eigenvalue weighted by molar-refractivity contribution is 7.13. The first-order valence-electron chi connectivity index (χ1n) is 10.2. The number of hydrogen-bond donors (Lipinski definition) is 1. The normalized spacial score (nSPS) is 14.7. The van der Waals surface area contributed by atoms with Crippen LogP contribution in [-0.4, -0.2) is 65.0 Å². The fourth-order valence-corrected chi connectivity index (χ4v) is 4.49. The highest BCUT2D eigenvalue weighted by atomic mass is 32.1. The fourth-order valence-electron chi connectivity index (χ4n) is 3.60. The Kier molecular flexibility index (Phi) is 6.35. The van der Waals surface area contributed by atoms with Gasteiger partial charge >= 0.3 is 0 Å². The van der Waals surface area contributed by atoms with Crippen LogP contribution in [0.4, 0.5) is 5.95 Å². The molecule has 0 aliphatic carbocycles. The Morgan fingerprint density at radius 1 is 1.13 bits per heavy atom. The van der Waals surface area contributed by atoms with Gasteiger partial charge in [-0.05, 0) is 25.5 Å². The van der Waals surface area contributed by atoms with Crippen molar-refractivity contribution in [3.8, 4) is 10.6 Å². The SMILES string of the molecule is Cc1ccc(-c2nc(C(=O)NCCN3CCN(c4ncccn4)CC3)cs2)c(C)c1. The predicted molar refractivity (Wildman–Crippen MR) is 120 cm³/mol. The quantitative estimate of drug-likeness (QED) is 0.659. The molecular weight excluding hydrogens is 396 g/mol. The molecule has 0 unspecified atom stereocenters. The summed E-state index contributed by atoms with van der Waals surface area (Å²) in [5.41, 5.74) is 3.98. The van der Waals surface area contributed by atoms with Crippen molar-refractivity contribution in [3.05, 3.63) is 58.9 Å². The summed E-state index contributed by atoms with van der Waals surface area (Å²) in [4.78, 5) is 30.2. The number of benzene rings is 1. The molecule has 8 heteroatoms. The molecule has 4 rings (SSSR count). The number of rotatable bonds is 6. The van der Waals surface area contributed by atoms with E-state index in [9.17, 15) is 4.79 Å². The number of carbonyl (C=O) groups is 1. The molecule has 0 spiro atoms. The molecule has 0 atom stereocenters. The summed E-state index contributed by atoms with van der Waals surface area (Å²) >= 11 is 1.51. The van der Waals surface area contributed by atoms with Crippen molar-refractivity contribution >= 4 is 23.2 Å². The van der Waals surface area contributed by atoms with Crippen LogP contribution >= 0.6 is 11.3 Å². The topological polar surface area (TPSA) is 74.2 Å². The van der Waals surface area contributed by atoms with E-state index in [4.69, 9.17) is 0 Å². The van der Waals surface area contributed by atoms with E-state index in [1.54, 1.807) is 12.4 Å². The van der Waals surface area contributed by atoms with Crippen LogP contribution in [0.3, 0.4) is 0 Å². The Labute approximate surface area is 180 Å². The summed E-state index contributed by atoms with van der Waals surface area (Å²) < 4.78 is 0. The molecule has 1 amide bonds. The minimum atomic E-state index is -0.112. The molecule has 1 aliphatic heterocycles. The zero-order valence-corrected chi connectivity index (χ0v) is 18.2. The van der Waals surface area contributed by atoms with Gasteiger partial charge in [-0.25, -0.2) is 15.0 Å². The number of nitrogens with zero attached hydrogens (tertiary/aromatic N) is 5. The minimum absolute atomic E-state index is 0.112. The van der Waals surface area contributed by atoms with E-state index in [0.29, 0.717) is 12.2 Å². The van der Waals surface area contributed by atoms with Crippen LogP contribution in [0.15, 0.2) is 42.0 Å². The van der Waals surface area contributed by atoms with Crippen LogP contribution in [0.2, 0.25) is 0 Å². The Hall–Kier alpha value is -2.84. The first kappa shape index (κ1) is 20.4. The van der Waals surface area contributed by atoms with Crippen LogP contribution in [0.1, 0.15) is 21.6 Å². The number of aryl methyl sites for hydroxylation is 2. The van der Waals surface area contributed by atoms with Crippen molar-refractivity contribution in [1.82, 2.24) is 25.2 Å². The number of amides is 1. The lowest BCUT2D eigenvalue weighted by molar-refractivity contribution is 0.0943. The molecular formula is C22H26N6OS. The van der Waals surface area contributed by atoms with Gasteiger partial charge in [-0.2, -0.15) is 0 Å². The van der Waals surface area contributed by atoms with Gasteiger partial charge in [-0.1, -0.05) is 23.8 Å². The summed E-state index contributed by atoms with van der Waals surface area (Å²) in [6, 6.07) is 8.12. The number of carbonyl (C=O) groups excluding carboxylic acids is 1. The van der Waals surface area contributed by atoms with Gasteiger partial charge in [0.25, 0.3) is 5.91 Å². The monoisotopic (exact) mass is 422 g/mol. The Balaban J connectivity index is 1.24. The summed E-state index contributed by atoms with van der Waals surface area (Å²) in [5.74, 6) is 0.673. The van der Waals surface area contributed by atoms with E-state index < -0.39 is 0 Å². The van der Waals surface area contributed by atoms with Crippen LogP contribution in [0.5, 0.6) is 0 Å². The molecule has 1 N–H and O–H groups in total. The van der Waals surface area contributed by atoms with Crippen molar-refractivity contribution in [2.75, 3.05) is 44.2 Å². The lowest BCUT2D eigenvalue weighted by Gasteiger charge is -2.34. The summed E-state index contributed by atoms with van der Waals surface area (Å²) in [5, 5.41) is 5.72. The van der Waals surface area contributed by atoms with Gasteiger partial charge in [-0.15, -0.1) is 11.3 Å². The first-order valence-corrected chi connectivity index (χ1v) is 11.0. The van der Waals surface area contributed by atoms with E-state index in [-0.39, 0.29) is 5.91 Å². The van der Waals surface area contributed by atoms with Crippen LogP contribution in [0.25, 0.3) is 10.6 Å². The summed E-state index contributed by atoms with van der Waals surface area (Å²) in [7, 11) is 0. The van der Waals surface area contributed by atoms with Crippen molar-refractivity contribution in [1.29, 1.82) is 0 Å². The van der Waals surface area contributed by atoms with E-state index in [1.165, 1.54) is 22.5 Å². The molecule has 0 bridgehead atoms. The average molecular weight is 423 g/mol. The Morgan fingerprint density at radius 2 is 1.90 bits per heavy atom. The van der Waals surface area contributed by atoms with Gasteiger partial charge in [-0.3, -0.25) is 9.69 Å². The standard InChI is InChI=1S/C22H26N6OS/c1-16-4-5-18(17(2)14-16)21-26-19(15-30-21)20(29)23-8-9-27-10-12-28(13-11-27)22-24-6-3-7-25-22/h3-7,14-15H,8-13H2,1-2H3,(H,23,29). The zero-order chi connectivity index (χ0) is 20.9. The Bertz CT molecular complexity index is 998. The molecule has 1 fully saturated rings. The van der Waals surface area contributed by atoms with Gasteiger partial charge < -0.3 is 10.2 Å². The third-order valence-corrected chi connectivity index (χ3v) is 6.15. The van der Waals surface area contributed by atoms with Crippen LogP contribution in [-0.2, 0) is 0 Å². The molecule has 3 aromatic rings. The largest absolute Gasteiger partial charge is 0.349 e. The predicted octanol–water partition coefficient (Wildman–Crippen LogP) is 2.77. The lowest BCUT2D eigenvalue weighted by Crippen LogP contribution is -2.49. The third-order valence-electron chi connectivity index (χ3n) is 5.27. The maximum Gasteiger partial charge on any atom is 0.270 e. The molecule has 30 heavy (non-hydrogen) atoms. The second-order valence-corrected chi connectivity index (χ2v) is 8.35. The number of hydrogen-bond acceptors (Lipinski definition) is 7. The van der Waals surface area contributed by atoms with Crippen molar-refractivity contribution < 1.29 is 4.79 Å².